The topological polar surface area (TPSA) is 88.0 Å². The van der Waals surface area contributed by atoms with Gasteiger partial charge in [-0.2, -0.15) is 0 Å². The number of hydrogen-bond acceptors (Lipinski definition) is 6. The minimum absolute atomic E-state index is 0.443. The van der Waals surface area contributed by atoms with Crippen LogP contribution in [0.5, 0.6) is 0 Å². The monoisotopic (exact) mass is 424 g/mol. The lowest BCUT2D eigenvalue weighted by atomic mass is 10.0. The van der Waals surface area contributed by atoms with Gasteiger partial charge in [-0.3, -0.25) is 10.1 Å². The third-order valence-corrected chi connectivity index (χ3v) is 5.83. The van der Waals surface area contributed by atoms with Crippen molar-refractivity contribution in [1.82, 2.24) is 10.2 Å². The van der Waals surface area contributed by atoms with Gasteiger partial charge in [0.05, 0.1) is 0 Å². The molecular formula is C20H32N4O2S2. The molecule has 1 heterocycles. The smallest absolute Gasteiger partial charge is 0.414 e. The zero-order valence-electron chi connectivity index (χ0n) is 17.9. The van der Waals surface area contributed by atoms with Crippen molar-refractivity contribution in [3.63, 3.8) is 0 Å². The lowest BCUT2D eigenvalue weighted by Gasteiger charge is -2.18. The number of allylic oxidation sites excluding steroid dienone is 5. The van der Waals surface area contributed by atoms with Crippen LogP contribution in [0.4, 0.5) is 9.93 Å². The highest BCUT2D eigenvalue weighted by atomic mass is 32.2. The maximum absolute atomic E-state index is 11.8. The standard InChI is InChI=1S/C20H32N4O2S2/c1-8-14(3)15(10-12-16(9-2)28(7)21)11-13-17-23-24-18(27-17)22-19(25)26-20(4,5)6/h9-10,12,21H,8,11,13H2,1-7H3,(H,22,24,25)/b12-10-,15-14+,16-9+. The van der Waals surface area contributed by atoms with E-state index in [1.807, 2.05) is 46.1 Å². The molecule has 0 aromatic carbocycles. The van der Waals surface area contributed by atoms with Crippen LogP contribution in [0.3, 0.4) is 0 Å². The molecule has 1 aromatic rings. The van der Waals surface area contributed by atoms with Crippen molar-refractivity contribution in [3.8, 4) is 0 Å². The summed E-state index contributed by atoms with van der Waals surface area (Å²) < 4.78 is 13.1. The summed E-state index contributed by atoms with van der Waals surface area (Å²) in [5, 5.41) is 12.1. The number of aryl methyl sites for hydroxylation is 1. The number of aromatic nitrogens is 2. The number of amides is 1. The Morgan fingerprint density at radius 1 is 1.32 bits per heavy atom. The molecule has 0 aliphatic carbocycles. The Bertz CT molecular complexity index is 786. The third kappa shape index (κ3) is 8.93. The fourth-order valence-corrected chi connectivity index (χ4v) is 3.61. The van der Waals surface area contributed by atoms with Gasteiger partial charge in [0.25, 0.3) is 0 Å². The van der Waals surface area contributed by atoms with E-state index in [-0.39, 0.29) is 0 Å². The molecule has 1 atom stereocenters. The largest absolute Gasteiger partial charge is 0.444 e. The molecule has 6 nitrogen and oxygen atoms in total. The van der Waals surface area contributed by atoms with E-state index in [1.54, 1.807) is 0 Å². The van der Waals surface area contributed by atoms with E-state index in [0.29, 0.717) is 5.13 Å². The van der Waals surface area contributed by atoms with Crippen LogP contribution < -0.4 is 5.32 Å². The minimum atomic E-state index is -0.551. The molecule has 0 bridgehead atoms. The average molecular weight is 425 g/mol. The van der Waals surface area contributed by atoms with Crippen LogP contribution in [0.1, 0.15) is 59.4 Å². The summed E-state index contributed by atoms with van der Waals surface area (Å²) in [5.41, 5.74) is 2.03. The van der Waals surface area contributed by atoms with Crippen molar-refractivity contribution >= 4 is 33.3 Å². The predicted molar refractivity (Wildman–Crippen MR) is 120 cm³/mol. The van der Waals surface area contributed by atoms with Crippen LogP contribution in [0.2, 0.25) is 0 Å². The summed E-state index contributed by atoms with van der Waals surface area (Å²) >= 11 is 1.36. The lowest BCUT2D eigenvalue weighted by molar-refractivity contribution is 0.0636. The molecule has 156 valence electrons. The second kappa shape index (κ2) is 11.3. The van der Waals surface area contributed by atoms with Crippen LogP contribution in [0.25, 0.3) is 0 Å². The van der Waals surface area contributed by atoms with Crippen molar-refractivity contribution < 1.29 is 9.53 Å². The van der Waals surface area contributed by atoms with Gasteiger partial charge < -0.3 is 4.74 Å². The Hall–Kier alpha value is -1.80. The minimum Gasteiger partial charge on any atom is -0.444 e. The third-order valence-electron chi connectivity index (χ3n) is 3.85. The Labute approximate surface area is 175 Å². The first-order chi connectivity index (χ1) is 13.1. The molecule has 1 aromatic heterocycles. The first kappa shape index (κ1) is 24.2. The molecule has 1 rings (SSSR count). The highest BCUT2D eigenvalue weighted by Gasteiger charge is 2.17. The van der Waals surface area contributed by atoms with Gasteiger partial charge in [0.1, 0.15) is 10.6 Å². The van der Waals surface area contributed by atoms with E-state index < -0.39 is 22.4 Å². The van der Waals surface area contributed by atoms with Gasteiger partial charge >= 0.3 is 6.09 Å². The van der Waals surface area contributed by atoms with E-state index in [2.05, 4.69) is 35.4 Å². The summed E-state index contributed by atoms with van der Waals surface area (Å²) in [6.07, 6.45) is 10.1. The van der Waals surface area contributed by atoms with Gasteiger partial charge in [0.15, 0.2) is 0 Å². The number of anilines is 1. The Balaban J connectivity index is 2.77. The SMILES string of the molecule is C\C=C(/C=C\C(CCc1nnc(NC(=O)OC(C)(C)C)s1)=C(\C)CC)S(C)=N. The molecular weight excluding hydrogens is 392 g/mol. The van der Waals surface area contributed by atoms with Crippen molar-refractivity contribution in [3.05, 3.63) is 39.3 Å². The highest BCUT2D eigenvalue weighted by molar-refractivity contribution is 7.89. The van der Waals surface area contributed by atoms with Crippen molar-refractivity contribution in [1.29, 1.82) is 4.78 Å². The van der Waals surface area contributed by atoms with E-state index in [0.717, 1.165) is 29.2 Å². The first-order valence-corrected chi connectivity index (χ1v) is 11.7. The molecule has 1 unspecified atom stereocenters. The molecule has 0 aliphatic rings. The summed E-state index contributed by atoms with van der Waals surface area (Å²) in [6.45, 7) is 11.7. The van der Waals surface area contributed by atoms with E-state index in [4.69, 9.17) is 9.52 Å². The Morgan fingerprint density at radius 2 is 2.00 bits per heavy atom. The van der Waals surface area contributed by atoms with E-state index >= 15 is 0 Å². The second-order valence-electron chi connectivity index (χ2n) is 7.32. The lowest BCUT2D eigenvalue weighted by Crippen LogP contribution is -2.27. The van der Waals surface area contributed by atoms with E-state index in [1.165, 1.54) is 22.5 Å². The zero-order valence-corrected chi connectivity index (χ0v) is 19.5. The second-order valence-corrected chi connectivity index (χ2v) is 9.88. The maximum Gasteiger partial charge on any atom is 0.414 e. The van der Waals surface area contributed by atoms with Crippen molar-refractivity contribution in [2.24, 2.45) is 0 Å². The first-order valence-electron chi connectivity index (χ1n) is 9.28. The highest BCUT2D eigenvalue weighted by Crippen LogP contribution is 2.22. The molecule has 2 N–H and O–H groups in total. The van der Waals surface area contributed by atoms with Crippen LogP contribution in [0.15, 0.2) is 34.3 Å². The fourth-order valence-electron chi connectivity index (χ4n) is 2.26. The molecule has 1 amide bonds. The number of ether oxygens (including phenoxy) is 1. The molecule has 8 heteroatoms. The molecule has 0 fully saturated rings. The Kier molecular flexibility index (Phi) is 9.75. The van der Waals surface area contributed by atoms with Gasteiger partial charge in [-0.1, -0.05) is 46.7 Å². The number of rotatable bonds is 8. The average Bonchev–Trinajstić information content (AvgIpc) is 3.02. The normalized spacial score (nSPS) is 14.8. The van der Waals surface area contributed by atoms with E-state index in [9.17, 15) is 4.79 Å². The van der Waals surface area contributed by atoms with Gasteiger partial charge in [0, 0.05) is 11.3 Å². The predicted octanol–water partition coefficient (Wildman–Crippen LogP) is 6.01. The van der Waals surface area contributed by atoms with Gasteiger partial charge in [-0.25, -0.2) is 4.79 Å². The van der Waals surface area contributed by atoms with Gasteiger partial charge in [-0.05, 0) is 65.4 Å². The number of nitrogens with zero attached hydrogens (tertiary/aromatic N) is 2. The van der Waals surface area contributed by atoms with Crippen molar-refractivity contribution in [2.75, 3.05) is 11.6 Å². The fraction of sp³-hybridized carbons (Fsp3) is 0.550. The summed E-state index contributed by atoms with van der Waals surface area (Å²) in [4.78, 5) is 12.9. The van der Waals surface area contributed by atoms with Crippen LogP contribution in [-0.2, 0) is 21.8 Å². The number of carbonyl (C=O) groups is 1. The maximum atomic E-state index is 11.8. The molecule has 0 radical (unpaired) electrons. The quantitative estimate of drug-likeness (QED) is 0.500. The molecule has 0 saturated carbocycles. The Morgan fingerprint density at radius 3 is 2.54 bits per heavy atom. The van der Waals surface area contributed by atoms with Gasteiger partial charge in [0.2, 0.25) is 5.13 Å². The number of carbonyl (C=O) groups excluding carboxylic acids is 1. The van der Waals surface area contributed by atoms with Crippen molar-refractivity contribution in [2.45, 2.75) is 66.4 Å². The molecule has 0 aliphatic heterocycles. The number of nitrogens with one attached hydrogen (secondary N) is 2. The molecule has 28 heavy (non-hydrogen) atoms. The van der Waals surface area contributed by atoms with Gasteiger partial charge in [-0.15, -0.1) is 10.2 Å². The molecule has 0 spiro atoms. The zero-order chi connectivity index (χ0) is 21.3. The molecule has 0 saturated heterocycles. The summed E-state index contributed by atoms with van der Waals surface area (Å²) in [6, 6.07) is 0. The summed E-state index contributed by atoms with van der Waals surface area (Å²) in [5.74, 6) is 0. The van der Waals surface area contributed by atoms with Crippen LogP contribution in [-0.4, -0.2) is 28.1 Å². The van der Waals surface area contributed by atoms with Crippen LogP contribution in [0, 0.1) is 4.78 Å². The summed E-state index contributed by atoms with van der Waals surface area (Å²) in [7, 11) is -0.506. The number of hydrogen-bond donors (Lipinski definition) is 2. The van der Waals surface area contributed by atoms with Crippen LogP contribution >= 0.6 is 11.3 Å².